The van der Waals surface area contributed by atoms with E-state index in [1.54, 1.807) is 24.1 Å². The first-order valence-corrected chi connectivity index (χ1v) is 38.2. The summed E-state index contributed by atoms with van der Waals surface area (Å²) in [6, 6.07) is 26.8. The number of benzene rings is 4. The molecule has 2 saturated heterocycles. The quantitative estimate of drug-likeness (QED) is 0.0149. The van der Waals surface area contributed by atoms with Gasteiger partial charge in [0.25, 0.3) is 11.9 Å². The van der Waals surface area contributed by atoms with E-state index in [0.29, 0.717) is 216 Å². The molecule has 2 aliphatic rings. The van der Waals surface area contributed by atoms with E-state index in [0.717, 1.165) is 98.7 Å². The molecular formula is C75H109Cl2N19O14. The van der Waals surface area contributed by atoms with Crippen LogP contribution in [0.2, 0.25) is 10.0 Å². The molecule has 0 aliphatic carbocycles. The van der Waals surface area contributed by atoms with Gasteiger partial charge in [0.1, 0.15) is 11.6 Å². The first kappa shape index (κ1) is 87.2. The van der Waals surface area contributed by atoms with E-state index in [4.69, 9.17) is 93.5 Å². The molecule has 4 amide bonds. The van der Waals surface area contributed by atoms with Crippen LogP contribution in [0.1, 0.15) is 25.7 Å². The number of urea groups is 2. The number of nitrogens with zero attached hydrogens (tertiary/aromatic N) is 11. The maximum Gasteiger partial charge on any atom is 0.314 e. The molecule has 110 heavy (non-hydrogen) atoms. The van der Waals surface area contributed by atoms with Crippen LogP contribution < -0.4 is 54.0 Å². The number of aliphatic imine (C=N–C) groups is 2. The highest BCUT2D eigenvalue weighted by Crippen LogP contribution is 2.34. The number of ketones is 2. The van der Waals surface area contributed by atoms with Crippen LogP contribution in [0, 0.1) is 0 Å². The third-order valence-electron chi connectivity index (χ3n) is 17.4. The number of anilines is 2. The second-order valence-electron chi connectivity index (χ2n) is 25.8. The summed E-state index contributed by atoms with van der Waals surface area (Å²) in [5.41, 5.74) is 29.3. The zero-order valence-corrected chi connectivity index (χ0v) is 64.6. The van der Waals surface area contributed by atoms with Crippen molar-refractivity contribution in [2.45, 2.75) is 25.7 Å². The van der Waals surface area contributed by atoms with Gasteiger partial charge in [-0.15, -0.1) is 0 Å². The molecule has 0 unspecified atom stereocenters. The Hall–Kier alpha value is -8.36. The molecule has 0 spiro atoms. The first-order valence-electron chi connectivity index (χ1n) is 37.4. The van der Waals surface area contributed by atoms with Gasteiger partial charge in [0.05, 0.1) is 154 Å². The van der Waals surface area contributed by atoms with Crippen LogP contribution in [0.4, 0.5) is 32.9 Å². The predicted molar refractivity (Wildman–Crippen MR) is 425 cm³/mol. The predicted octanol–water partition coefficient (Wildman–Crippen LogP) is 4.36. The normalized spacial score (nSPS) is 13.5. The Bertz CT molecular complexity index is 3540. The number of carbonyl (C=O) groups is 4. The highest BCUT2D eigenvalue weighted by Gasteiger charge is 2.21. The number of guanidine groups is 2. The van der Waals surface area contributed by atoms with Crippen molar-refractivity contribution >= 4 is 104 Å². The number of ether oxygens (including phenoxy) is 10. The lowest BCUT2D eigenvalue weighted by Gasteiger charge is -2.36. The SMILES string of the molecule is CN(CC(=O)CCCOCCOCCNC(=O)NCCOCCOCCOCCN1CCN(c2ccc(-c3nc(N=C(N)N)nc4ccc(Cl)cc34)cc2)CC1)CC(=O)CCCOCCOCCNC(=O)NCCOCCOCCOCCN1CCN(c2ccc(-c3nc(N=C(N)N)nc4ccc(Cl)cc34)cc2)CC1. The Labute approximate surface area is 653 Å². The summed E-state index contributed by atoms with van der Waals surface area (Å²) in [6.45, 7) is 19.1. The fourth-order valence-corrected chi connectivity index (χ4v) is 12.2. The molecule has 4 heterocycles. The molecule has 8 rings (SSSR count). The Morgan fingerprint density at radius 2 is 0.718 bits per heavy atom. The number of nitrogens with two attached hydrogens (primary N) is 4. The minimum Gasteiger partial charge on any atom is -0.379 e. The fraction of sp³-hybridized carbons (Fsp3) is 0.547. The minimum atomic E-state index is -0.314. The number of Topliss-reactive ketones (excluding diaryl/α,β-unsaturated/α-hetero) is 2. The van der Waals surface area contributed by atoms with Gasteiger partial charge in [-0.25, -0.2) is 29.5 Å². The van der Waals surface area contributed by atoms with E-state index in [-0.39, 0.29) is 60.5 Å². The van der Waals surface area contributed by atoms with Crippen LogP contribution in [0.15, 0.2) is 94.9 Å². The van der Waals surface area contributed by atoms with Gasteiger partial charge in [0.2, 0.25) is 0 Å². The number of carbonyl (C=O) groups excluding carboxylic acids is 4. The molecule has 2 fully saturated rings. The largest absolute Gasteiger partial charge is 0.379 e. The summed E-state index contributed by atoms with van der Waals surface area (Å²) >= 11 is 12.6. The zero-order valence-electron chi connectivity index (χ0n) is 63.1. The molecule has 0 atom stereocenters. The highest BCUT2D eigenvalue weighted by molar-refractivity contribution is 6.32. The van der Waals surface area contributed by atoms with Crippen molar-refractivity contribution in [1.29, 1.82) is 0 Å². The van der Waals surface area contributed by atoms with Gasteiger partial charge in [-0.05, 0) is 80.6 Å². The second kappa shape index (κ2) is 50.5. The monoisotopic (exact) mass is 1570 g/mol. The van der Waals surface area contributed by atoms with Gasteiger partial charge in [-0.2, -0.15) is 9.98 Å². The summed E-state index contributed by atoms with van der Waals surface area (Å²) in [7, 11) is 1.75. The van der Waals surface area contributed by atoms with Crippen molar-refractivity contribution in [3.63, 3.8) is 0 Å². The number of hydrogen-bond acceptors (Lipinski definition) is 25. The van der Waals surface area contributed by atoms with E-state index in [9.17, 15) is 19.2 Å². The average Bonchev–Trinajstić information content (AvgIpc) is 0.788. The summed E-state index contributed by atoms with van der Waals surface area (Å²) in [6.07, 6.45) is 1.81. The Morgan fingerprint density at radius 3 is 1.05 bits per heavy atom. The molecule has 2 aromatic heterocycles. The first-order chi connectivity index (χ1) is 53.6. The topological polar surface area (TPSA) is 405 Å². The van der Waals surface area contributed by atoms with Crippen molar-refractivity contribution < 1.29 is 66.5 Å². The molecule has 2 aliphatic heterocycles. The number of likely N-dealkylation sites (N-methyl/N-ethyl adjacent to an activating group) is 1. The van der Waals surface area contributed by atoms with Gasteiger partial charge in [-0.1, -0.05) is 47.5 Å². The zero-order chi connectivity index (χ0) is 77.8. The van der Waals surface area contributed by atoms with E-state index in [1.165, 1.54) is 0 Å². The Morgan fingerprint density at radius 1 is 0.409 bits per heavy atom. The smallest absolute Gasteiger partial charge is 0.314 e. The number of rotatable bonds is 54. The molecule has 33 nitrogen and oxygen atoms in total. The second-order valence-corrected chi connectivity index (χ2v) is 26.7. The molecule has 4 aromatic carbocycles. The van der Waals surface area contributed by atoms with Crippen LogP contribution in [0.25, 0.3) is 44.3 Å². The van der Waals surface area contributed by atoms with Crippen LogP contribution in [-0.2, 0) is 57.0 Å². The lowest BCUT2D eigenvalue weighted by atomic mass is 10.1. The summed E-state index contributed by atoms with van der Waals surface area (Å²) in [4.78, 5) is 86.8. The number of hydrogen-bond donors (Lipinski definition) is 8. The van der Waals surface area contributed by atoms with Crippen LogP contribution in [0.5, 0.6) is 0 Å². The summed E-state index contributed by atoms with van der Waals surface area (Å²) in [5.74, 6) is 0.208. The summed E-state index contributed by atoms with van der Waals surface area (Å²) < 4.78 is 56.3. The van der Waals surface area contributed by atoms with Crippen molar-refractivity contribution in [2.75, 3.05) is 254 Å². The van der Waals surface area contributed by atoms with Crippen LogP contribution >= 0.6 is 23.2 Å². The number of aromatic nitrogens is 4. The lowest BCUT2D eigenvalue weighted by Crippen LogP contribution is -2.47. The summed E-state index contributed by atoms with van der Waals surface area (Å²) in [5, 5.41) is 13.8. The average molecular weight is 1570 g/mol. The molecule has 12 N–H and O–H groups in total. The minimum absolute atomic E-state index is 0.0326. The number of fused-ring (bicyclic) bond motifs is 2. The Kier molecular flexibility index (Phi) is 40.1. The van der Waals surface area contributed by atoms with Gasteiger partial charge in [0, 0.05) is 161 Å². The van der Waals surface area contributed by atoms with E-state index >= 15 is 0 Å². The van der Waals surface area contributed by atoms with Gasteiger partial charge in [-0.3, -0.25) is 24.3 Å². The molecule has 602 valence electrons. The molecule has 6 aromatic rings. The number of amides is 4. The van der Waals surface area contributed by atoms with Crippen molar-refractivity contribution in [3.05, 3.63) is 95.0 Å². The maximum absolute atomic E-state index is 12.5. The van der Waals surface area contributed by atoms with Crippen molar-refractivity contribution in [3.8, 4) is 22.5 Å². The van der Waals surface area contributed by atoms with E-state index < -0.39 is 0 Å². The standard InChI is InChI=1S/C75H109Cl2N19O14/c1-92(54-62(97)4-2-32-101-40-42-103-34-18-82-74(99)84-20-36-105-44-48-109-50-46-107-38-30-93-22-26-95(27-23-93)60-12-6-56(7-13-60)68-64-52-58(76)10-16-66(64)86-72(88-68)90-70(78)79)55-63(98)5-3-33-102-41-43-104-35-19-83-75(100)85-21-37-106-45-49-110-51-47-108-39-31-94-24-28-96(29-25-94)61-14-8-57(9-15-61)69-65-53-59(77)11-17-67(65)87-73(89-69)91-71(80)81/h6-17,52-53H,2-5,18-51,54-55H2,1H3,(H2,82,84,99)(H2,83,85,100)(H4,78,79,86,88,90)(H4,80,81,87,89,91). The third kappa shape index (κ3) is 33.7. The molecule has 0 bridgehead atoms. The van der Waals surface area contributed by atoms with Gasteiger partial charge in [0.15, 0.2) is 11.9 Å². The van der Waals surface area contributed by atoms with Crippen LogP contribution in [0.3, 0.4) is 0 Å². The maximum atomic E-state index is 12.5. The van der Waals surface area contributed by atoms with Crippen LogP contribution in [-0.4, -0.2) is 314 Å². The van der Waals surface area contributed by atoms with Crippen molar-refractivity contribution in [2.24, 2.45) is 32.9 Å². The molecule has 0 saturated carbocycles. The molecule has 0 radical (unpaired) electrons. The lowest BCUT2D eigenvalue weighted by molar-refractivity contribution is -0.122. The number of halogens is 2. The van der Waals surface area contributed by atoms with Gasteiger partial charge < -0.3 is 101 Å². The number of piperazine rings is 2. The third-order valence-corrected chi connectivity index (χ3v) is 17.8. The number of nitrogens with one attached hydrogen (secondary N) is 4. The fourth-order valence-electron chi connectivity index (χ4n) is 11.8. The van der Waals surface area contributed by atoms with E-state index in [2.05, 4.69) is 95.1 Å². The highest BCUT2D eigenvalue weighted by atomic mass is 35.5. The van der Waals surface area contributed by atoms with Gasteiger partial charge >= 0.3 is 12.1 Å². The molecule has 35 heteroatoms. The molecular weight excluding hydrogens is 1460 g/mol. The Balaban J connectivity index is 0.491. The van der Waals surface area contributed by atoms with E-state index in [1.807, 2.05) is 48.5 Å². The van der Waals surface area contributed by atoms with Crippen molar-refractivity contribution in [1.82, 2.24) is 55.9 Å².